The summed E-state index contributed by atoms with van der Waals surface area (Å²) in [5.41, 5.74) is 0.428. The quantitative estimate of drug-likeness (QED) is 0.823. The number of rotatable bonds is 2. The molecule has 1 aliphatic heterocycles. The SMILES string of the molecule is FC1(F)CC12CCN(c1cc(C3CC3)ncn1)CC2. The van der Waals surface area contributed by atoms with Crippen molar-refractivity contribution in [1.82, 2.24) is 9.97 Å². The third-order valence-corrected chi connectivity index (χ3v) is 4.93. The van der Waals surface area contributed by atoms with Gasteiger partial charge in [-0.2, -0.15) is 0 Å². The van der Waals surface area contributed by atoms with Gasteiger partial charge in [0.2, 0.25) is 0 Å². The molecule has 5 heteroatoms. The highest BCUT2D eigenvalue weighted by molar-refractivity contribution is 5.41. The van der Waals surface area contributed by atoms with Crippen LogP contribution in [-0.4, -0.2) is 29.0 Å². The number of hydrogen-bond acceptors (Lipinski definition) is 3. The summed E-state index contributed by atoms with van der Waals surface area (Å²) in [7, 11) is 0. The van der Waals surface area contributed by atoms with E-state index in [1.54, 1.807) is 6.33 Å². The minimum atomic E-state index is -2.41. The number of anilines is 1. The summed E-state index contributed by atoms with van der Waals surface area (Å²) in [6.07, 6.45) is 5.30. The summed E-state index contributed by atoms with van der Waals surface area (Å²) in [5, 5.41) is 0. The molecule has 2 aliphatic carbocycles. The molecular weight excluding hydrogens is 248 g/mol. The second-order valence-corrected chi connectivity index (χ2v) is 6.22. The van der Waals surface area contributed by atoms with Gasteiger partial charge in [0.05, 0.1) is 0 Å². The lowest BCUT2D eigenvalue weighted by Gasteiger charge is -2.33. The van der Waals surface area contributed by atoms with Crippen LogP contribution in [0.2, 0.25) is 0 Å². The zero-order chi connectivity index (χ0) is 13.1. The van der Waals surface area contributed by atoms with E-state index in [0.29, 0.717) is 31.8 Å². The molecule has 0 bridgehead atoms. The minimum absolute atomic E-state index is 0.0882. The van der Waals surface area contributed by atoms with Crippen LogP contribution in [-0.2, 0) is 0 Å². The van der Waals surface area contributed by atoms with E-state index < -0.39 is 11.3 Å². The van der Waals surface area contributed by atoms with E-state index in [1.807, 2.05) is 6.07 Å². The predicted octanol–water partition coefficient (Wildman–Crippen LogP) is 2.98. The smallest absolute Gasteiger partial charge is 0.254 e. The van der Waals surface area contributed by atoms with Crippen LogP contribution in [0, 0.1) is 5.41 Å². The van der Waals surface area contributed by atoms with Gasteiger partial charge >= 0.3 is 0 Å². The lowest BCUT2D eigenvalue weighted by molar-refractivity contribution is 0.0536. The molecular formula is C14H17F2N3. The highest BCUT2D eigenvalue weighted by Gasteiger charge is 2.70. The normalized spacial score (nSPS) is 27.6. The van der Waals surface area contributed by atoms with Gasteiger partial charge in [0, 0.05) is 42.6 Å². The van der Waals surface area contributed by atoms with Gasteiger partial charge in [-0.1, -0.05) is 0 Å². The Hall–Kier alpha value is -1.26. The molecule has 1 aromatic heterocycles. The van der Waals surface area contributed by atoms with Crippen molar-refractivity contribution in [2.45, 2.75) is 43.9 Å². The van der Waals surface area contributed by atoms with Gasteiger partial charge in [0.1, 0.15) is 12.1 Å². The maximum absolute atomic E-state index is 13.3. The van der Waals surface area contributed by atoms with Gasteiger partial charge in [0.25, 0.3) is 5.92 Å². The van der Waals surface area contributed by atoms with E-state index in [4.69, 9.17) is 0 Å². The Morgan fingerprint density at radius 2 is 1.84 bits per heavy atom. The predicted molar refractivity (Wildman–Crippen MR) is 67.5 cm³/mol. The molecule has 3 aliphatic rings. The van der Waals surface area contributed by atoms with Crippen LogP contribution in [0.1, 0.15) is 43.7 Å². The van der Waals surface area contributed by atoms with Crippen molar-refractivity contribution in [3.8, 4) is 0 Å². The first-order valence-electron chi connectivity index (χ1n) is 7.04. The Morgan fingerprint density at radius 1 is 1.16 bits per heavy atom. The molecule has 1 spiro atoms. The third-order valence-electron chi connectivity index (χ3n) is 4.93. The standard InChI is InChI=1S/C14H17F2N3/c15-14(16)8-13(14)3-5-19(6-4-13)12-7-11(10-1-2-10)17-9-18-12/h7,9-10H,1-6,8H2. The summed E-state index contributed by atoms with van der Waals surface area (Å²) in [6, 6.07) is 2.04. The molecule has 102 valence electrons. The topological polar surface area (TPSA) is 29.0 Å². The minimum Gasteiger partial charge on any atom is -0.356 e. The fourth-order valence-corrected chi connectivity index (χ4v) is 3.22. The van der Waals surface area contributed by atoms with E-state index in [-0.39, 0.29) is 6.42 Å². The number of aromatic nitrogens is 2. The van der Waals surface area contributed by atoms with Gasteiger partial charge in [-0.3, -0.25) is 0 Å². The van der Waals surface area contributed by atoms with Crippen LogP contribution in [0.25, 0.3) is 0 Å². The van der Waals surface area contributed by atoms with Gasteiger partial charge in [-0.15, -0.1) is 0 Å². The molecule has 0 N–H and O–H groups in total. The van der Waals surface area contributed by atoms with Crippen LogP contribution < -0.4 is 4.90 Å². The van der Waals surface area contributed by atoms with Crippen LogP contribution in [0.5, 0.6) is 0 Å². The summed E-state index contributed by atoms with van der Waals surface area (Å²) >= 11 is 0. The maximum atomic E-state index is 13.3. The molecule has 3 fully saturated rings. The molecule has 3 nitrogen and oxygen atoms in total. The first-order valence-corrected chi connectivity index (χ1v) is 7.04. The average molecular weight is 265 g/mol. The van der Waals surface area contributed by atoms with Crippen molar-refractivity contribution in [3.63, 3.8) is 0 Å². The van der Waals surface area contributed by atoms with E-state index in [1.165, 1.54) is 12.8 Å². The summed E-state index contributed by atoms with van der Waals surface area (Å²) < 4.78 is 26.7. The van der Waals surface area contributed by atoms with Crippen LogP contribution in [0.4, 0.5) is 14.6 Å². The van der Waals surface area contributed by atoms with E-state index >= 15 is 0 Å². The van der Waals surface area contributed by atoms with Crippen molar-refractivity contribution in [2.75, 3.05) is 18.0 Å². The number of hydrogen-bond donors (Lipinski definition) is 0. The van der Waals surface area contributed by atoms with Crippen molar-refractivity contribution >= 4 is 5.82 Å². The van der Waals surface area contributed by atoms with Crippen molar-refractivity contribution in [3.05, 3.63) is 18.1 Å². The molecule has 0 atom stereocenters. The number of halogens is 2. The van der Waals surface area contributed by atoms with Gasteiger partial charge in [-0.05, 0) is 25.7 Å². The Bertz CT molecular complexity index is 505. The highest BCUT2D eigenvalue weighted by atomic mass is 19.3. The average Bonchev–Trinajstić information content (AvgIpc) is 3.30. The van der Waals surface area contributed by atoms with Gasteiger partial charge in [0.15, 0.2) is 0 Å². The number of nitrogens with zero attached hydrogens (tertiary/aromatic N) is 3. The van der Waals surface area contributed by atoms with E-state index in [9.17, 15) is 8.78 Å². The molecule has 0 radical (unpaired) electrons. The molecule has 0 unspecified atom stereocenters. The van der Waals surface area contributed by atoms with E-state index in [2.05, 4.69) is 14.9 Å². The van der Waals surface area contributed by atoms with Gasteiger partial charge < -0.3 is 4.90 Å². The second kappa shape index (κ2) is 3.64. The molecule has 19 heavy (non-hydrogen) atoms. The van der Waals surface area contributed by atoms with Crippen LogP contribution in [0.15, 0.2) is 12.4 Å². The Morgan fingerprint density at radius 3 is 2.42 bits per heavy atom. The van der Waals surface area contributed by atoms with Gasteiger partial charge in [-0.25, -0.2) is 18.7 Å². The Balaban J connectivity index is 1.48. The molecule has 2 saturated carbocycles. The molecule has 2 heterocycles. The Kier molecular flexibility index (Phi) is 2.22. The van der Waals surface area contributed by atoms with Crippen LogP contribution in [0.3, 0.4) is 0 Å². The third kappa shape index (κ3) is 1.82. The van der Waals surface area contributed by atoms with Crippen molar-refractivity contribution in [2.24, 2.45) is 5.41 Å². The fraction of sp³-hybridized carbons (Fsp3) is 0.714. The number of alkyl halides is 2. The first-order chi connectivity index (χ1) is 9.10. The summed E-state index contributed by atoms with van der Waals surface area (Å²) in [4.78, 5) is 10.7. The zero-order valence-electron chi connectivity index (χ0n) is 10.8. The molecule has 1 aromatic rings. The van der Waals surface area contributed by atoms with Crippen LogP contribution >= 0.6 is 0 Å². The fourth-order valence-electron chi connectivity index (χ4n) is 3.22. The zero-order valence-corrected chi connectivity index (χ0v) is 10.8. The molecule has 1 saturated heterocycles. The molecule has 0 aromatic carbocycles. The lowest BCUT2D eigenvalue weighted by Crippen LogP contribution is -2.37. The van der Waals surface area contributed by atoms with E-state index in [0.717, 1.165) is 11.5 Å². The maximum Gasteiger partial charge on any atom is 0.254 e. The highest BCUT2D eigenvalue weighted by Crippen LogP contribution is 2.65. The van der Waals surface area contributed by atoms with Crippen molar-refractivity contribution < 1.29 is 8.78 Å². The second-order valence-electron chi connectivity index (χ2n) is 6.22. The summed E-state index contributed by atoms with van der Waals surface area (Å²) in [5.74, 6) is -0.898. The monoisotopic (exact) mass is 265 g/mol. The summed E-state index contributed by atoms with van der Waals surface area (Å²) in [6.45, 7) is 1.38. The largest absolute Gasteiger partial charge is 0.356 e. The number of piperidine rings is 1. The first kappa shape index (κ1) is 11.6. The molecule has 0 amide bonds. The Labute approximate surface area is 111 Å². The van der Waals surface area contributed by atoms with Crippen molar-refractivity contribution in [1.29, 1.82) is 0 Å². The lowest BCUT2D eigenvalue weighted by atomic mass is 9.93. The molecule has 4 rings (SSSR count).